The third-order valence-electron chi connectivity index (χ3n) is 3.99. The fraction of sp³-hybridized carbons (Fsp3) is 0.136. The minimum atomic E-state index is -0.807. The van der Waals surface area contributed by atoms with Crippen LogP contribution in [-0.2, 0) is 17.6 Å². The summed E-state index contributed by atoms with van der Waals surface area (Å²) in [5, 5.41) is 12.3. The maximum Gasteiger partial charge on any atom is 0.307 e. The van der Waals surface area contributed by atoms with E-state index in [0.29, 0.717) is 0 Å². The molecule has 3 nitrogen and oxygen atoms in total. The molecule has 0 bridgehead atoms. The lowest BCUT2D eigenvalue weighted by molar-refractivity contribution is -0.136. The Bertz CT molecular complexity index is 873. The van der Waals surface area contributed by atoms with Crippen molar-refractivity contribution in [1.29, 1.82) is 0 Å². The van der Waals surface area contributed by atoms with Gasteiger partial charge in [-0.15, -0.1) is 0 Å². The highest BCUT2D eigenvalue weighted by atomic mass is 32.2. The van der Waals surface area contributed by atoms with Crippen LogP contribution in [-0.4, -0.2) is 11.1 Å². The first-order valence-electron chi connectivity index (χ1n) is 8.57. The molecule has 0 saturated carbocycles. The van der Waals surface area contributed by atoms with Crippen LogP contribution in [0.2, 0.25) is 0 Å². The van der Waals surface area contributed by atoms with Gasteiger partial charge < -0.3 is 10.4 Å². The van der Waals surface area contributed by atoms with Crippen molar-refractivity contribution < 1.29 is 9.90 Å². The molecule has 0 spiro atoms. The molecule has 3 rings (SSSR count). The maximum absolute atomic E-state index is 10.7. The van der Waals surface area contributed by atoms with Crippen molar-refractivity contribution in [3.05, 3.63) is 83.9 Å². The molecule has 3 aromatic rings. The minimum absolute atomic E-state index is 0.0601. The average Bonchev–Trinajstić information content (AvgIpc) is 2.65. The van der Waals surface area contributed by atoms with Crippen LogP contribution in [0.3, 0.4) is 0 Å². The Morgan fingerprint density at radius 1 is 0.885 bits per heavy atom. The fourth-order valence-electron chi connectivity index (χ4n) is 2.63. The van der Waals surface area contributed by atoms with Gasteiger partial charge in [0.15, 0.2) is 0 Å². The molecule has 132 valence electrons. The second-order valence-electron chi connectivity index (χ2n) is 6.02. The fourth-order valence-corrected chi connectivity index (χ4v) is 3.44. The van der Waals surface area contributed by atoms with Crippen molar-refractivity contribution in [2.45, 2.75) is 29.6 Å². The number of aliphatic carboxylic acids is 1. The number of hydrogen-bond donors (Lipinski definition) is 2. The van der Waals surface area contributed by atoms with Crippen LogP contribution in [0.5, 0.6) is 0 Å². The standard InChI is InChI=1S/C22H21NO2S/c1-2-16-4-3-5-19(14-16)23-18-8-12-21(13-9-18)26-20-10-6-17(7-11-20)15-22(24)25/h3-14,23H,2,15H2,1H3,(H,24,25). The Morgan fingerprint density at radius 3 is 2.15 bits per heavy atom. The summed E-state index contributed by atoms with van der Waals surface area (Å²) < 4.78 is 0. The summed E-state index contributed by atoms with van der Waals surface area (Å²) in [6, 6.07) is 24.4. The van der Waals surface area contributed by atoms with Crippen molar-refractivity contribution in [2.24, 2.45) is 0 Å². The molecule has 2 N–H and O–H groups in total. The molecule has 4 heteroatoms. The number of carboxylic acids is 1. The first-order valence-corrected chi connectivity index (χ1v) is 9.38. The van der Waals surface area contributed by atoms with Gasteiger partial charge in [0, 0.05) is 21.2 Å². The summed E-state index contributed by atoms with van der Waals surface area (Å²) >= 11 is 1.66. The largest absolute Gasteiger partial charge is 0.481 e. The molecule has 3 aromatic carbocycles. The van der Waals surface area contributed by atoms with Gasteiger partial charge in [0.2, 0.25) is 0 Å². The molecule has 0 aliphatic carbocycles. The molecule has 0 heterocycles. The Balaban J connectivity index is 1.63. The summed E-state index contributed by atoms with van der Waals surface area (Å²) in [6.07, 6.45) is 1.08. The lowest BCUT2D eigenvalue weighted by Crippen LogP contribution is -1.99. The van der Waals surface area contributed by atoms with Gasteiger partial charge in [-0.25, -0.2) is 0 Å². The molecule has 0 unspecified atom stereocenters. The summed E-state index contributed by atoms with van der Waals surface area (Å²) in [7, 11) is 0. The first-order chi connectivity index (χ1) is 12.6. The van der Waals surface area contributed by atoms with E-state index < -0.39 is 5.97 Å². The van der Waals surface area contributed by atoms with Crippen LogP contribution >= 0.6 is 11.8 Å². The van der Waals surface area contributed by atoms with Crippen molar-refractivity contribution in [1.82, 2.24) is 0 Å². The van der Waals surface area contributed by atoms with Gasteiger partial charge in [0.25, 0.3) is 0 Å². The van der Waals surface area contributed by atoms with Crippen molar-refractivity contribution >= 4 is 29.1 Å². The molecule has 0 atom stereocenters. The van der Waals surface area contributed by atoms with Crippen LogP contribution in [0.4, 0.5) is 11.4 Å². The van der Waals surface area contributed by atoms with E-state index in [9.17, 15) is 4.79 Å². The average molecular weight is 363 g/mol. The van der Waals surface area contributed by atoms with Crippen LogP contribution in [0.1, 0.15) is 18.1 Å². The van der Waals surface area contributed by atoms with Gasteiger partial charge in [0.05, 0.1) is 6.42 Å². The molecule has 0 saturated heterocycles. The summed E-state index contributed by atoms with van der Waals surface area (Å²) in [5.41, 5.74) is 4.28. The molecule has 0 fully saturated rings. The number of benzene rings is 3. The zero-order chi connectivity index (χ0) is 18.4. The quantitative estimate of drug-likeness (QED) is 0.559. The lowest BCUT2D eigenvalue weighted by Gasteiger charge is -2.09. The molecular weight excluding hydrogens is 342 g/mol. The number of carboxylic acid groups (broad SMARTS) is 1. The lowest BCUT2D eigenvalue weighted by atomic mass is 10.1. The number of hydrogen-bond acceptors (Lipinski definition) is 3. The predicted molar refractivity (Wildman–Crippen MR) is 107 cm³/mol. The van der Waals surface area contributed by atoms with Gasteiger partial charge in [-0.3, -0.25) is 4.79 Å². The Labute approximate surface area is 158 Å². The summed E-state index contributed by atoms with van der Waals surface area (Å²) in [6.45, 7) is 2.15. The van der Waals surface area contributed by atoms with E-state index in [1.807, 2.05) is 24.3 Å². The third-order valence-corrected chi connectivity index (χ3v) is 5.01. The number of aryl methyl sites for hydroxylation is 1. The molecule has 0 aliphatic rings. The summed E-state index contributed by atoms with van der Waals surface area (Å²) in [5.74, 6) is -0.807. The summed E-state index contributed by atoms with van der Waals surface area (Å²) in [4.78, 5) is 13.0. The van der Waals surface area contributed by atoms with Gasteiger partial charge >= 0.3 is 5.97 Å². The van der Waals surface area contributed by atoms with E-state index in [1.54, 1.807) is 11.8 Å². The highest BCUT2D eigenvalue weighted by molar-refractivity contribution is 7.99. The maximum atomic E-state index is 10.7. The third kappa shape index (κ3) is 5.14. The van der Waals surface area contributed by atoms with E-state index in [2.05, 4.69) is 60.8 Å². The SMILES string of the molecule is CCc1cccc(Nc2ccc(Sc3ccc(CC(=O)O)cc3)cc2)c1. The second-order valence-corrected chi connectivity index (χ2v) is 7.17. The van der Waals surface area contributed by atoms with E-state index >= 15 is 0 Å². The molecule has 0 aromatic heterocycles. The van der Waals surface area contributed by atoms with Crippen LogP contribution in [0.15, 0.2) is 82.6 Å². The van der Waals surface area contributed by atoms with Gasteiger partial charge in [-0.2, -0.15) is 0 Å². The monoisotopic (exact) mass is 363 g/mol. The number of anilines is 2. The van der Waals surface area contributed by atoms with Crippen molar-refractivity contribution in [3.63, 3.8) is 0 Å². The molecule has 0 amide bonds. The van der Waals surface area contributed by atoms with Crippen molar-refractivity contribution in [2.75, 3.05) is 5.32 Å². The highest BCUT2D eigenvalue weighted by Gasteiger charge is 2.02. The second kappa shape index (κ2) is 8.59. The molecule has 0 aliphatic heterocycles. The van der Waals surface area contributed by atoms with Gasteiger partial charge in [-0.1, -0.05) is 43.0 Å². The Kier molecular flexibility index (Phi) is 5.97. The van der Waals surface area contributed by atoms with Crippen LogP contribution in [0, 0.1) is 0 Å². The van der Waals surface area contributed by atoms with E-state index in [1.165, 1.54) is 5.56 Å². The predicted octanol–water partition coefficient (Wildman–Crippen LogP) is 5.77. The number of rotatable bonds is 7. The van der Waals surface area contributed by atoms with Crippen LogP contribution < -0.4 is 5.32 Å². The van der Waals surface area contributed by atoms with E-state index in [0.717, 1.165) is 33.2 Å². The first kappa shape index (κ1) is 18.1. The molecular formula is C22H21NO2S. The zero-order valence-corrected chi connectivity index (χ0v) is 15.4. The Morgan fingerprint density at radius 2 is 1.54 bits per heavy atom. The molecule has 26 heavy (non-hydrogen) atoms. The van der Waals surface area contributed by atoms with Gasteiger partial charge in [-0.05, 0) is 66.1 Å². The van der Waals surface area contributed by atoms with Crippen LogP contribution in [0.25, 0.3) is 0 Å². The highest BCUT2D eigenvalue weighted by Crippen LogP contribution is 2.29. The smallest absolute Gasteiger partial charge is 0.307 e. The normalized spacial score (nSPS) is 10.5. The number of carbonyl (C=O) groups is 1. The Hall–Kier alpha value is -2.72. The topological polar surface area (TPSA) is 49.3 Å². The van der Waals surface area contributed by atoms with E-state index in [4.69, 9.17) is 5.11 Å². The van der Waals surface area contributed by atoms with Crippen molar-refractivity contribution in [3.8, 4) is 0 Å². The van der Waals surface area contributed by atoms with E-state index in [-0.39, 0.29) is 6.42 Å². The zero-order valence-electron chi connectivity index (χ0n) is 14.6. The molecule has 0 radical (unpaired) electrons. The number of nitrogens with one attached hydrogen (secondary N) is 1. The van der Waals surface area contributed by atoms with Gasteiger partial charge in [0.1, 0.15) is 0 Å². The minimum Gasteiger partial charge on any atom is -0.481 e.